The minimum absolute atomic E-state index is 0.0697. The van der Waals surface area contributed by atoms with Crippen LogP contribution in [-0.2, 0) is 16.0 Å². The number of Topliss-reactive ketones (excluding diaryl/α,β-unsaturated/α-hetero) is 2. The summed E-state index contributed by atoms with van der Waals surface area (Å²) in [5.74, 6) is 0.154. The predicted octanol–water partition coefficient (Wildman–Crippen LogP) is 2.91. The van der Waals surface area contributed by atoms with Gasteiger partial charge in [0.1, 0.15) is 11.6 Å². The molecule has 1 aromatic heterocycles. The zero-order chi connectivity index (χ0) is 13.9. The topological polar surface area (TPSA) is 59.9 Å². The Kier molecular flexibility index (Phi) is 7.63. The molecule has 104 valence electrons. The van der Waals surface area contributed by atoms with E-state index < -0.39 is 0 Å². The summed E-state index contributed by atoms with van der Waals surface area (Å²) in [6.45, 7) is 2.04. The van der Waals surface area contributed by atoms with Crippen molar-refractivity contribution in [3.63, 3.8) is 0 Å². The molecule has 0 aromatic carbocycles. The van der Waals surface area contributed by atoms with Gasteiger partial charge in [-0.25, -0.2) is 0 Å². The van der Waals surface area contributed by atoms with Gasteiger partial charge in [-0.05, 0) is 37.8 Å². The molecule has 0 unspecified atom stereocenters. The summed E-state index contributed by atoms with van der Waals surface area (Å²) in [4.78, 5) is 23.0. The average molecular weight is 262 g/mol. The summed E-state index contributed by atoms with van der Waals surface area (Å²) in [5.41, 5.74) is 0.953. The Morgan fingerprint density at radius 2 is 1.84 bits per heavy atom. The first-order valence-corrected chi connectivity index (χ1v) is 7.02. The van der Waals surface area contributed by atoms with Gasteiger partial charge in [0.25, 0.3) is 0 Å². The molecule has 1 heterocycles. The maximum Gasteiger partial charge on any atom is 0.140 e. The number of unbranched alkanes of at least 4 members (excludes halogenated alkanes) is 2. The third kappa shape index (κ3) is 7.44. The monoisotopic (exact) mass is 262 g/mol. The van der Waals surface area contributed by atoms with Crippen molar-refractivity contribution in [1.29, 1.82) is 0 Å². The van der Waals surface area contributed by atoms with Crippen molar-refractivity contribution in [3.8, 4) is 0 Å². The molecule has 0 saturated carbocycles. The smallest absolute Gasteiger partial charge is 0.140 e. The summed E-state index contributed by atoms with van der Waals surface area (Å²) in [5, 5.41) is 7.79. The number of hydrogen-bond donors (Lipinski definition) is 0. The van der Waals surface area contributed by atoms with Gasteiger partial charge in [0.05, 0.1) is 12.1 Å². The summed E-state index contributed by atoms with van der Waals surface area (Å²) in [6, 6.07) is 3.79. The highest BCUT2D eigenvalue weighted by atomic mass is 16.1. The molecule has 0 saturated heterocycles. The lowest BCUT2D eigenvalue weighted by Gasteiger charge is -2.01. The van der Waals surface area contributed by atoms with E-state index in [4.69, 9.17) is 0 Å². The van der Waals surface area contributed by atoms with Crippen LogP contribution in [0.2, 0.25) is 0 Å². The van der Waals surface area contributed by atoms with Gasteiger partial charge >= 0.3 is 0 Å². The number of ketones is 2. The Labute approximate surface area is 114 Å². The molecule has 1 rings (SSSR count). The summed E-state index contributed by atoms with van der Waals surface area (Å²) >= 11 is 0. The number of carbonyl (C=O) groups is 2. The number of hydrogen-bond acceptors (Lipinski definition) is 4. The second-order valence-electron chi connectivity index (χ2n) is 4.78. The summed E-state index contributed by atoms with van der Waals surface area (Å²) < 4.78 is 0. The number of carbonyl (C=O) groups excluding carboxylic acids is 2. The van der Waals surface area contributed by atoms with E-state index >= 15 is 0 Å². The van der Waals surface area contributed by atoms with Crippen molar-refractivity contribution in [2.45, 2.75) is 58.3 Å². The molecule has 0 bridgehead atoms. The lowest BCUT2D eigenvalue weighted by molar-refractivity contribution is -0.127. The van der Waals surface area contributed by atoms with Crippen LogP contribution in [0.15, 0.2) is 18.3 Å². The third-order valence-corrected chi connectivity index (χ3v) is 2.97. The van der Waals surface area contributed by atoms with Crippen LogP contribution in [0.4, 0.5) is 0 Å². The zero-order valence-electron chi connectivity index (χ0n) is 11.6. The molecule has 0 aliphatic heterocycles. The normalized spacial score (nSPS) is 10.4. The fraction of sp³-hybridized carbons (Fsp3) is 0.600. The van der Waals surface area contributed by atoms with E-state index in [1.165, 1.54) is 0 Å². The third-order valence-electron chi connectivity index (χ3n) is 2.97. The highest BCUT2D eigenvalue weighted by Gasteiger charge is 2.08. The van der Waals surface area contributed by atoms with Gasteiger partial charge in [-0.1, -0.05) is 13.3 Å². The molecule has 0 aliphatic rings. The van der Waals surface area contributed by atoms with E-state index in [1.54, 1.807) is 6.20 Å². The van der Waals surface area contributed by atoms with Gasteiger partial charge in [-0.15, -0.1) is 0 Å². The van der Waals surface area contributed by atoms with Crippen molar-refractivity contribution in [3.05, 3.63) is 24.0 Å². The van der Waals surface area contributed by atoms with Gasteiger partial charge < -0.3 is 0 Å². The second kappa shape index (κ2) is 9.36. The molecule has 0 radical (unpaired) electrons. The maximum absolute atomic E-state index is 11.6. The standard InChI is InChI=1S/C15H22N2O2/c1-2-3-9-14(18)12-15(19)10-5-4-7-13-8-6-11-16-17-13/h6,8,11H,2-5,7,9-10,12H2,1H3. The molecule has 19 heavy (non-hydrogen) atoms. The molecule has 0 fully saturated rings. The lowest BCUT2D eigenvalue weighted by atomic mass is 10.0. The molecule has 0 atom stereocenters. The molecule has 0 N–H and O–H groups in total. The van der Waals surface area contributed by atoms with Crippen LogP contribution < -0.4 is 0 Å². The van der Waals surface area contributed by atoms with Crippen LogP contribution >= 0.6 is 0 Å². The van der Waals surface area contributed by atoms with E-state index in [2.05, 4.69) is 10.2 Å². The molecular formula is C15H22N2O2. The van der Waals surface area contributed by atoms with Crippen LogP contribution in [0.3, 0.4) is 0 Å². The van der Waals surface area contributed by atoms with E-state index in [1.807, 2.05) is 19.1 Å². The molecule has 0 aliphatic carbocycles. The highest BCUT2D eigenvalue weighted by Crippen LogP contribution is 2.06. The van der Waals surface area contributed by atoms with Crippen LogP contribution in [0.25, 0.3) is 0 Å². The van der Waals surface area contributed by atoms with E-state index in [0.717, 1.165) is 37.8 Å². The van der Waals surface area contributed by atoms with Crippen molar-refractivity contribution in [2.75, 3.05) is 0 Å². The van der Waals surface area contributed by atoms with Crippen LogP contribution in [0.5, 0.6) is 0 Å². The highest BCUT2D eigenvalue weighted by molar-refractivity contribution is 5.98. The van der Waals surface area contributed by atoms with Crippen LogP contribution in [-0.4, -0.2) is 21.8 Å². The van der Waals surface area contributed by atoms with E-state index in [9.17, 15) is 9.59 Å². The first-order valence-electron chi connectivity index (χ1n) is 7.02. The minimum atomic E-state index is 0.0697. The molecular weight excluding hydrogens is 240 g/mol. The maximum atomic E-state index is 11.6. The largest absolute Gasteiger partial charge is 0.299 e. The fourth-order valence-electron chi connectivity index (χ4n) is 1.87. The van der Waals surface area contributed by atoms with Gasteiger partial charge in [0, 0.05) is 19.0 Å². The molecule has 4 nitrogen and oxygen atoms in total. The van der Waals surface area contributed by atoms with Gasteiger partial charge in [-0.2, -0.15) is 10.2 Å². The lowest BCUT2D eigenvalue weighted by Crippen LogP contribution is -2.07. The predicted molar refractivity (Wildman–Crippen MR) is 73.7 cm³/mol. The Morgan fingerprint density at radius 1 is 1.11 bits per heavy atom. The quantitative estimate of drug-likeness (QED) is 0.480. The van der Waals surface area contributed by atoms with Crippen molar-refractivity contribution >= 4 is 11.6 Å². The van der Waals surface area contributed by atoms with Crippen molar-refractivity contribution in [1.82, 2.24) is 10.2 Å². The molecule has 0 spiro atoms. The summed E-state index contributed by atoms with van der Waals surface area (Å²) in [7, 11) is 0. The number of nitrogens with zero attached hydrogens (tertiary/aromatic N) is 2. The number of rotatable bonds is 10. The van der Waals surface area contributed by atoms with Crippen LogP contribution in [0, 0.1) is 0 Å². The average Bonchev–Trinajstić information content (AvgIpc) is 2.42. The minimum Gasteiger partial charge on any atom is -0.299 e. The molecule has 4 heteroatoms. The molecule has 0 amide bonds. The van der Waals surface area contributed by atoms with Gasteiger partial charge in [0.2, 0.25) is 0 Å². The van der Waals surface area contributed by atoms with Crippen molar-refractivity contribution < 1.29 is 9.59 Å². The van der Waals surface area contributed by atoms with Crippen LogP contribution in [0.1, 0.15) is 57.6 Å². The Hall–Kier alpha value is -1.58. The summed E-state index contributed by atoms with van der Waals surface area (Å²) in [6.07, 6.45) is 7.26. The first-order chi connectivity index (χ1) is 9.22. The zero-order valence-corrected chi connectivity index (χ0v) is 11.6. The Morgan fingerprint density at radius 3 is 2.47 bits per heavy atom. The van der Waals surface area contributed by atoms with E-state index in [0.29, 0.717) is 12.8 Å². The van der Waals surface area contributed by atoms with Gasteiger partial charge in [-0.3, -0.25) is 9.59 Å². The number of aromatic nitrogens is 2. The van der Waals surface area contributed by atoms with Gasteiger partial charge in [0.15, 0.2) is 0 Å². The first kappa shape index (κ1) is 15.5. The Balaban J connectivity index is 2.09. The van der Waals surface area contributed by atoms with E-state index in [-0.39, 0.29) is 18.0 Å². The second-order valence-corrected chi connectivity index (χ2v) is 4.78. The SMILES string of the molecule is CCCCC(=O)CC(=O)CCCCc1cccnn1. The number of aryl methyl sites for hydroxylation is 1. The van der Waals surface area contributed by atoms with Crippen molar-refractivity contribution in [2.24, 2.45) is 0 Å². The Bertz CT molecular complexity index is 390. The molecule has 1 aromatic rings. The fourth-order valence-corrected chi connectivity index (χ4v) is 1.87.